The molecule has 168 valence electrons. The van der Waals surface area contributed by atoms with Gasteiger partial charge in [-0.25, -0.2) is 9.37 Å². The second-order valence-electron chi connectivity index (χ2n) is 7.06. The van der Waals surface area contributed by atoms with Crippen LogP contribution in [0.25, 0.3) is 16.9 Å². The molecule has 0 saturated heterocycles. The van der Waals surface area contributed by atoms with Gasteiger partial charge < -0.3 is 15.8 Å². The summed E-state index contributed by atoms with van der Waals surface area (Å²) in [5, 5.41) is 10.8. The maximum atomic E-state index is 15.1. The van der Waals surface area contributed by atoms with E-state index in [4.69, 9.17) is 22.1 Å². The molecule has 1 atom stereocenters. The molecule has 1 amide bonds. The van der Waals surface area contributed by atoms with Crippen molar-refractivity contribution in [3.05, 3.63) is 77.2 Å². The van der Waals surface area contributed by atoms with Gasteiger partial charge in [-0.2, -0.15) is 10.2 Å². The summed E-state index contributed by atoms with van der Waals surface area (Å²) in [6.07, 6.45) is 6.96. The van der Waals surface area contributed by atoms with E-state index in [1.54, 1.807) is 19.2 Å². The molecule has 3 heterocycles. The first-order valence-electron chi connectivity index (χ1n) is 9.78. The fourth-order valence-corrected chi connectivity index (χ4v) is 3.52. The highest BCUT2D eigenvalue weighted by Crippen LogP contribution is 2.35. The Labute approximate surface area is 193 Å². The van der Waals surface area contributed by atoms with Crippen molar-refractivity contribution in [3.8, 4) is 16.9 Å². The molecule has 0 aliphatic heterocycles. The fraction of sp³-hybridized carbons (Fsp3) is 0.136. The van der Waals surface area contributed by atoms with Crippen molar-refractivity contribution in [1.82, 2.24) is 25.0 Å². The SMILES string of the molecule is CO[C@@H](C)c1cc(C(=O)Nc2cnc(-n3nccn3)c(Cl)c2)c(F)cc1-c1ccncc1N. The first-order chi connectivity index (χ1) is 15.9. The van der Waals surface area contributed by atoms with Crippen molar-refractivity contribution in [2.24, 2.45) is 0 Å². The quantitative estimate of drug-likeness (QED) is 0.438. The second kappa shape index (κ2) is 9.31. The number of nitrogens with one attached hydrogen (secondary N) is 1. The molecule has 4 aromatic rings. The van der Waals surface area contributed by atoms with E-state index in [0.717, 1.165) is 0 Å². The average Bonchev–Trinajstić information content (AvgIpc) is 3.33. The highest BCUT2D eigenvalue weighted by Gasteiger charge is 2.21. The molecule has 0 saturated carbocycles. The van der Waals surface area contributed by atoms with Crippen molar-refractivity contribution in [2.75, 3.05) is 18.2 Å². The molecule has 4 rings (SSSR count). The lowest BCUT2D eigenvalue weighted by molar-refractivity contribution is 0.102. The second-order valence-corrected chi connectivity index (χ2v) is 7.47. The van der Waals surface area contributed by atoms with Gasteiger partial charge in [-0.15, -0.1) is 4.80 Å². The summed E-state index contributed by atoms with van der Waals surface area (Å²) >= 11 is 6.25. The van der Waals surface area contributed by atoms with Crippen LogP contribution in [0.5, 0.6) is 0 Å². The Bertz CT molecular complexity index is 1310. The highest BCUT2D eigenvalue weighted by molar-refractivity contribution is 6.32. The largest absolute Gasteiger partial charge is 0.397 e. The van der Waals surface area contributed by atoms with Crippen molar-refractivity contribution in [3.63, 3.8) is 0 Å². The molecule has 33 heavy (non-hydrogen) atoms. The summed E-state index contributed by atoms with van der Waals surface area (Å²) in [5.41, 5.74) is 8.23. The summed E-state index contributed by atoms with van der Waals surface area (Å²) in [4.78, 5) is 22.3. The number of nitrogen functional groups attached to an aromatic ring is 1. The van der Waals surface area contributed by atoms with Crippen LogP contribution < -0.4 is 11.1 Å². The number of amides is 1. The van der Waals surface area contributed by atoms with Gasteiger partial charge >= 0.3 is 0 Å². The number of ether oxygens (including phenoxy) is 1. The Morgan fingerprint density at radius 1 is 1.18 bits per heavy atom. The standard InChI is InChI=1S/C22H19ClFN7O2/c1-12(33-2)15-8-17(19(24)9-16(15)14-3-4-26-11-20(14)25)22(32)30-13-7-18(23)21(27-10-13)31-28-5-6-29-31/h3-12H,25H2,1-2H3,(H,30,32)/t12-/m0/s1. The number of pyridine rings is 2. The topological polar surface area (TPSA) is 121 Å². The Balaban J connectivity index is 1.68. The van der Waals surface area contributed by atoms with Gasteiger partial charge in [0.1, 0.15) is 5.82 Å². The van der Waals surface area contributed by atoms with Gasteiger partial charge in [-0.05, 0) is 42.3 Å². The highest BCUT2D eigenvalue weighted by atomic mass is 35.5. The smallest absolute Gasteiger partial charge is 0.258 e. The van der Waals surface area contributed by atoms with Crippen LogP contribution in [0.2, 0.25) is 5.02 Å². The minimum Gasteiger partial charge on any atom is -0.397 e. The van der Waals surface area contributed by atoms with E-state index in [1.807, 2.05) is 0 Å². The molecular formula is C22H19ClFN7O2. The average molecular weight is 468 g/mol. The molecule has 0 aliphatic carbocycles. The molecule has 0 radical (unpaired) electrons. The molecule has 0 fully saturated rings. The summed E-state index contributed by atoms with van der Waals surface area (Å²) in [6, 6.07) is 5.88. The predicted molar refractivity (Wildman–Crippen MR) is 122 cm³/mol. The van der Waals surface area contributed by atoms with Gasteiger partial charge in [-0.1, -0.05) is 11.6 Å². The monoisotopic (exact) mass is 467 g/mol. The Morgan fingerprint density at radius 3 is 2.61 bits per heavy atom. The molecule has 9 nitrogen and oxygen atoms in total. The van der Waals surface area contributed by atoms with Crippen LogP contribution in [-0.4, -0.2) is 38.0 Å². The van der Waals surface area contributed by atoms with Gasteiger partial charge in [0.25, 0.3) is 5.91 Å². The Hall–Kier alpha value is -3.89. The third-order valence-electron chi connectivity index (χ3n) is 5.01. The van der Waals surface area contributed by atoms with Crippen LogP contribution in [0.15, 0.2) is 55.2 Å². The maximum Gasteiger partial charge on any atom is 0.258 e. The van der Waals surface area contributed by atoms with Gasteiger partial charge in [0, 0.05) is 18.9 Å². The first-order valence-corrected chi connectivity index (χ1v) is 10.2. The first kappa shape index (κ1) is 22.3. The maximum absolute atomic E-state index is 15.1. The van der Waals surface area contributed by atoms with E-state index in [2.05, 4.69) is 25.5 Å². The number of rotatable bonds is 6. The zero-order chi connectivity index (χ0) is 23.5. The van der Waals surface area contributed by atoms with Crippen molar-refractivity contribution in [1.29, 1.82) is 0 Å². The van der Waals surface area contributed by atoms with Crippen molar-refractivity contribution in [2.45, 2.75) is 13.0 Å². The van der Waals surface area contributed by atoms with Crippen LogP contribution >= 0.6 is 11.6 Å². The van der Waals surface area contributed by atoms with Gasteiger partial charge in [-0.3, -0.25) is 9.78 Å². The lowest BCUT2D eigenvalue weighted by atomic mass is 9.93. The summed E-state index contributed by atoms with van der Waals surface area (Å²) in [5.74, 6) is -1.10. The Morgan fingerprint density at radius 2 is 1.94 bits per heavy atom. The molecule has 1 aromatic carbocycles. The molecule has 3 aromatic heterocycles. The van der Waals surface area contributed by atoms with E-state index in [0.29, 0.717) is 28.2 Å². The number of hydrogen-bond acceptors (Lipinski definition) is 7. The normalized spacial score (nSPS) is 11.9. The lowest BCUT2D eigenvalue weighted by Crippen LogP contribution is -2.16. The number of carbonyl (C=O) groups excluding carboxylic acids is 1. The predicted octanol–water partition coefficient (Wildman–Crippen LogP) is 4.06. The number of methoxy groups -OCH3 is 1. The molecule has 0 aliphatic rings. The van der Waals surface area contributed by atoms with Gasteiger partial charge in [0.15, 0.2) is 5.82 Å². The fourth-order valence-electron chi connectivity index (χ4n) is 3.28. The third kappa shape index (κ3) is 4.52. The van der Waals surface area contributed by atoms with E-state index >= 15 is 4.39 Å². The van der Waals surface area contributed by atoms with Crippen LogP contribution in [0.3, 0.4) is 0 Å². The zero-order valence-corrected chi connectivity index (χ0v) is 18.4. The number of hydrogen-bond donors (Lipinski definition) is 2. The number of anilines is 2. The number of benzene rings is 1. The number of aromatic nitrogens is 5. The van der Waals surface area contributed by atoms with Crippen molar-refractivity contribution < 1.29 is 13.9 Å². The van der Waals surface area contributed by atoms with Crippen LogP contribution in [0.1, 0.15) is 28.9 Å². The van der Waals surface area contributed by atoms with E-state index < -0.39 is 17.8 Å². The Kier molecular flexibility index (Phi) is 6.29. The minimum atomic E-state index is -0.720. The van der Waals surface area contributed by atoms with E-state index in [1.165, 1.54) is 54.9 Å². The zero-order valence-electron chi connectivity index (χ0n) is 17.7. The number of halogens is 2. The number of nitrogens with zero attached hydrogens (tertiary/aromatic N) is 5. The minimum absolute atomic E-state index is 0.167. The number of nitrogens with two attached hydrogens (primary N) is 1. The molecule has 0 spiro atoms. The van der Waals surface area contributed by atoms with Crippen molar-refractivity contribution >= 4 is 28.9 Å². The molecular weight excluding hydrogens is 449 g/mol. The molecule has 11 heteroatoms. The molecule has 0 unspecified atom stereocenters. The van der Waals surface area contributed by atoms with E-state index in [-0.39, 0.29) is 16.3 Å². The van der Waals surface area contributed by atoms with Gasteiger partial charge in [0.05, 0.1) is 52.9 Å². The summed E-state index contributed by atoms with van der Waals surface area (Å²) in [7, 11) is 1.52. The van der Waals surface area contributed by atoms with Gasteiger partial charge in [0.2, 0.25) is 0 Å². The van der Waals surface area contributed by atoms with Crippen LogP contribution in [0.4, 0.5) is 15.8 Å². The summed E-state index contributed by atoms with van der Waals surface area (Å²) in [6.45, 7) is 1.79. The lowest BCUT2D eigenvalue weighted by Gasteiger charge is -2.18. The summed E-state index contributed by atoms with van der Waals surface area (Å²) < 4.78 is 20.5. The van der Waals surface area contributed by atoms with E-state index in [9.17, 15) is 4.79 Å². The number of carbonyl (C=O) groups is 1. The van der Waals surface area contributed by atoms with Crippen LogP contribution in [0, 0.1) is 5.82 Å². The molecule has 0 bridgehead atoms. The third-order valence-corrected chi connectivity index (χ3v) is 5.28. The van der Waals surface area contributed by atoms with Crippen LogP contribution in [-0.2, 0) is 4.74 Å². The molecule has 3 N–H and O–H groups in total.